The molecular formula is C13H14Cl2N2S. The van der Waals surface area contributed by atoms with Gasteiger partial charge >= 0.3 is 0 Å². The van der Waals surface area contributed by atoms with Crippen molar-refractivity contribution in [2.24, 2.45) is 0 Å². The van der Waals surface area contributed by atoms with Gasteiger partial charge in [-0.1, -0.05) is 44.0 Å². The predicted molar refractivity (Wildman–Crippen MR) is 78.8 cm³/mol. The average Bonchev–Trinajstić information content (AvgIpc) is 2.67. The lowest BCUT2D eigenvalue weighted by molar-refractivity contribution is 0.545. The fourth-order valence-electron chi connectivity index (χ4n) is 1.51. The minimum absolute atomic E-state index is 0.143. The van der Waals surface area contributed by atoms with Gasteiger partial charge in [-0.25, -0.2) is 9.97 Å². The second-order valence-electron chi connectivity index (χ2n) is 5.16. The molecule has 0 aliphatic heterocycles. The van der Waals surface area contributed by atoms with Crippen LogP contribution in [0.2, 0.25) is 10.2 Å². The highest BCUT2D eigenvalue weighted by atomic mass is 35.5. The molecule has 5 heteroatoms. The summed E-state index contributed by atoms with van der Waals surface area (Å²) >= 11 is 13.9. The van der Waals surface area contributed by atoms with Crippen LogP contribution in [0.15, 0.2) is 11.4 Å². The quantitative estimate of drug-likeness (QED) is 0.683. The fraction of sp³-hybridized carbons (Fsp3) is 0.385. The van der Waals surface area contributed by atoms with Crippen molar-refractivity contribution in [3.05, 3.63) is 33.0 Å². The van der Waals surface area contributed by atoms with Gasteiger partial charge in [0.2, 0.25) is 0 Å². The summed E-state index contributed by atoms with van der Waals surface area (Å²) in [5.74, 6) is 0.734. The molecule has 0 saturated carbocycles. The molecule has 18 heavy (non-hydrogen) atoms. The molecule has 0 radical (unpaired) electrons. The van der Waals surface area contributed by atoms with Crippen LogP contribution >= 0.6 is 34.5 Å². The Morgan fingerprint density at radius 1 is 1.17 bits per heavy atom. The Kier molecular flexibility index (Phi) is 3.67. The van der Waals surface area contributed by atoms with Crippen molar-refractivity contribution < 1.29 is 0 Å². The summed E-state index contributed by atoms with van der Waals surface area (Å²) in [7, 11) is 0. The number of nitrogens with zero attached hydrogens (tertiary/aromatic N) is 2. The third-order valence-corrected chi connectivity index (χ3v) is 4.31. The van der Waals surface area contributed by atoms with Crippen molar-refractivity contribution in [1.82, 2.24) is 9.97 Å². The molecule has 96 valence electrons. The van der Waals surface area contributed by atoms with Crippen LogP contribution in [0.25, 0.3) is 10.6 Å². The maximum atomic E-state index is 6.20. The lowest BCUT2D eigenvalue weighted by Gasteiger charge is -2.18. The van der Waals surface area contributed by atoms with Crippen LogP contribution in [-0.4, -0.2) is 9.97 Å². The Morgan fingerprint density at radius 3 is 2.33 bits per heavy atom. The summed E-state index contributed by atoms with van der Waals surface area (Å²) in [6.45, 7) is 8.11. The molecule has 0 aliphatic rings. The molecular weight excluding hydrogens is 287 g/mol. The van der Waals surface area contributed by atoms with Crippen molar-refractivity contribution in [3.63, 3.8) is 0 Å². The molecule has 0 amide bonds. The first kappa shape index (κ1) is 13.8. The summed E-state index contributed by atoms with van der Waals surface area (Å²) in [6.07, 6.45) is 0. The van der Waals surface area contributed by atoms with E-state index in [9.17, 15) is 0 Å². The molecule has 0 aliphatic carbocycles. The SMILES string of the molecule is Cc1c(Cl)nc(C(C)(C)C)nc1-c1sccc1Cl. The van der Waals surface area contributed by atoms with Gasteiger partial charge in [0.25, 0.3) is 0 Å². The van der Waals surface area contributed by atoms with E-state index in [2.05, 4.69) is 30.7 Å². The molecule has 0 spiro atoms. The van der Waals surface area contributed by atoms with E-state index in [1.165, 1.54) is 0 Å². The summed E-state index contributed by atoms with van der Waals surface area (Å²) in [4.78, 5) is 9.95. The minimum Gasteiger partial charge on any atom is -0.231 e. The summed E-state index contributed by atoms with van der Waals surface area (Å²) in [5.41, 5.74) is 1.56. The zero-order chi connectivity index (χ0) is 13.5. The van der Waals surface area contributed by atoms with Gasteiger partial charge in [0, 0.05) is 11.0 Å². The Balaban J connectivity index is 2.68. The fourth-order valence-corrected chi connectivity index (χ4v) is 2.87. The molecule has 2 aromatic heterocycles. The molecule has 2 nitrogen and oxygen atoms in total. The topological polar surface area (TPSA) is 25.8 Å². The maximum absolute atomic E-state index is 6.20. The van der Waals surface area contributed by atoms with E-state index >= 15 is 0 Å². The van der Waals surface area contributed by atoms with Crippen LogP contribution in [0.3, 0.4) is 0 Å². The number of thiophene rings is 1. The molecule has 0 aromatic carbocycles. The lowest BCUT2D eigenvalue weighted by Crippen LogP contribution is -2.17. The third kappa shape index (κ3) is 2.53. The summed E-state index contributed by atoms with van der Waals surface area (Å²) < 4.78 is 0. The van der Waals surface area contributed by atoms with E-state index in [1.54, 1.807) is 11.3 Å². The van der Waals surface area contributed by atoms with Gasteiger partial charge in [0.1, 0.15) is 11.0 Å². The van der Waals surface area contributed by atoms with E-state index < -0.39 is 0 Å². The van der Waals surface area contributed by atoms with Crippen LogP contribution in [0.1, 0.15) is 32.2 Å². The molecule has 0 saturated heterocycles. The van der Waals surface area contributed by atoms with Crippen molar-refractivity contribution in [1.29, 1.82) is 0 Å². The van der Waals surface area contributed by atoms with Gasteiger partial charge in [0.15, 0.2) is 0 Å². The van der Waals surface area contributed by atoms with Gasteiger partial charge in [0.05, 0.1) is 15.6 Å². The van der Waals surface area contributed by atoms with Gasteiger partial charge in [-0.2, -0.15) is 0 Å². The molecule has 0 N–H and O–H groups in total. The Hall–Kier alpha value is -0.640. The van der Waals surface area contributed by atoms with Crippen molar-refractivity contribution in [2.75, 3.05) is 0 Å². The molecule has 0 fully saturated rings. The molecule has 2 aromatic rings. The molecule has 0 bridgehead atoms. The van der Waals surface area contributed by atoms with E-state index in [1.807, 2.05) is 18.4 Å². The van der Waals surface area contributed by atoms with E-state index in [0.29, 0.717) is 10.2 Å². The highest BCUT2D eigenvalue weighted by Crippen LogP contribution is 2.36. The average molecular weight is 301 g/mol. The number of rotatable bonds is 1. The van der Waals surface area contributed by atoms with Crippen LogP contribution < -0.4 is 0 Å². The first-order valence-electron chi connectivity index (χ1n) is 5.58. The second-order valence-corrected chi connectivity index (χ2v) is 6.84. The number of hydrogen-bond acceptors (Lipinski definition) is 3. The number of aromatic nitrogens is 2. The van der Waals surface area contributed by atoms with Gasteiger partial charge in [-0.15, -0.1) is 11.3 Å². The zero-order valence-corrected chi connectivity index (χ0v) is 13.0. The van der Waals surface area contributed by atoms with Crippen molar-refractivity contribution in [3.8, 4) is 10.6 Å². The Bertz CT molecular complexity index is 585. The van der Waals surface area contributed by atoms with Crippen molar-refractivity contribution in [2.45, 2.75) is 33.1 Å². The number of hydrogen-bond donors (Lipinski definition) is 0. The van der Waals surface area contributed by atoms with Gasteiger partial charge < -0.3 is 0 Å². The highest BCUT2D eigenvalue weighted by Gasteiger charge is 2.22. The zero-order valence-electron chi connectivity index (χ0n) is 10.7. The van der Waals surface area contributed by atoms with Gasteiger partial charge in [-0.05, 0) is 18.4 Å². The largest absolute Gasteiger partial charge is 0.231 e. The second kappa shape index (κ2) is 4.80. The highest BCUT2D eigenvalue weighted by molar-refractivity contribution is 7.14. The molecule has 2 rings (SSSR count). The standard InChI is InChI=1S/C13H14Cl2N2S/c1-7-9(10-8(14)5-6-18-10)16-12(13(2,3)4)17-11(7)15/h5-6H,1-4H3. The van der Waals surface area contributed by atoms with Crippen LogP contribution in [0.4, 0.5) is 0 Å². The third-order valence-electron chi connectivity index (χ3n) is 2.59. The Labute approximate surface area is 121 Å². The van der Waals surface area contributed by atoms with E-state index in [0.717, 1.165) is 22.0 Å². The summed E-state index contributed by atoms with van der Waals surface area (Å²) in [6, 6.07) is 1.87. The summed E-state index contributed by atoms with van der Waals surface area (Å²) in [5, 5.41) is 3.15. The lowest BCUT2D eigenvalue weighted by atomic mass is 9.95. The molecule has 0 atom stereocenters. The molecule has 0 unspecified atom stereocenters. The van der Waals surface area contributed by atoms with E-state index in [4.69, 9.17) is 23.2 Å². The van der Waals surface area contributed by atoms with Crippen LogP contribution in [-0.2, 0) is 5.41 Å². The van der Waals surface area contributed by atoms with Crippen LogP contribution in [0, 0.1) is 6.92 Å². The smallest absolute Gasteiger partial charge is 0.136 e. The maximum Gasteiger partial charge on any atom is 0.136 e. The Morgan fingerprint density at radius 2 is 1.83 bits per heavy atom. The first-order chi connectivity index (χ1) is 8.30. The van der Waals surface area contributed by atoms with Crippen LogP contribution in [0.5, 0.6) is 0 Å². The normalized spacial score (nSPS) is 11.9. The van der Waals surface area contributed by atoms with Crippen molar-refractivity contribution >= 4 is 34.5 Å². The number of halogens is 2. The predicted octanol–water partition coefficient (Wildman–Crippen LogP) is 5.12. The minimum atomic E-state index is -0.143. The molecule has 2 heterocycles. The van der Waals surface area contributed by atoms with E-state index in [-0.39, 0.29) is 5.41 Å². The van der Waals surface area contributed by atoms with Gasteiger partial charge in [-0.3, -0.25) is 0 Å². The first-order valence-corrected chi connectivity index (χ1v) is 7.22. The monoisotopic (exact) mass is 300 g/mol.